The highest BCUT2D eigenvalue weighted by Crippen LogP contribution is 2.29. The zero-order valence-electron chi connectivity index (χ0n) is 8.28. The summed E-state index contributed by atoms with van der Waals surface area (Å²) in [6.45, 7) is 0.676. The highest BCUT2D eigenvalue weighted by atomic mass is 19.4. The molecule has 4 heteroatoms. The van der Waals surface area contributed by atoms with Crippen LogP contribution in [0.1, 0.15) is 32.6 Å². The van der Waals surface area contributed by atoms with Crippen LogP contribution in [-0.2, 0) is 0 Å². The second kappa shape index (κ2) is 6.85. The SMILES string of the molecule is CCCCC=CCC(CF)C(F)(F)F. The van der Waals surface area contributed by atoms with Crippen LogP contribution in [-0.4, -0.2) is 12.9 Å². The lowest BCUT2D eigenvalue weighted by molar-refractivity contribution is -0.177. The topological polar surface area (TPSA) is 0 Å². The minimum atomic E-state index is -4.41. The van der Waals surface area contributed by atoms with E-state index in [4.69, 9.17) is 0 Å². The second-order valence-corrected chi connectivity index (χ2v) is 3.24. The standard InChI is InChI=1S/C10H16F4/c1-2-3-4-5-6-7-9(8-11)10(12,13)14/h5-6,9H,2-4,7-8H2,1H3. The minimum absolute atomic E-state index is 0.246. The van der Waals surface area contributed by atoms with E-state index in [1.165, 1.54) is 6.08 Å². The maximum absolute atomic E-state index is 12.0. The van der Waals surface area contributed by atoms with Gasteiger partial charge in [-0.1, -0.05) is 31.9 Å². The Hall–Kier alpha value is -0.540. The highest BCUT2D eigenvalue weighted by Gasteiger charge is 2.38. The Morgan fingerprint density at radius 1 is 1.21 bits per heavy atom. The summed E-state index contributed by atoms with van der Waals surface area (Å²) < 4.78 is 48.0. The van der Waals surface area contributed by atoms with Crippen LogP contribution < -0.4 is 0 Å². The van der Waals surface area contributed by atoms with E-state index in [9.17, 15) is 17.6 Å². The summed E-state index contributed by atoms with van der Waals surface area (Å²) in [5.74, 6) is -1.83. The molecule has 84 valence electrons. The van der Waals surface area contributed by atoms with E-state index in [-0.39, 0.29) is 6.42 Å². The molecule has 1 atom stereocenters. The molecule has 0 amide bonds. The Morgan fingerprint density at radius 3 is 2.29 bits per heavy atom. The molecule has 0 heterocycles. The van der Waals surface area contributed by atoms with Crippen molar-refractivity contribution in [2.75, 3.05) is 6.67 Å². The first-order valence-corrected chi connectivity index (χ1v) is 4.80. The molecule has 0 spiro atoms. The van der Waals surface area contributed by atoms with Gasteiger partial charge in [0.05, 0.1) is 5.92 Å². The quantitative estimate of drug-likeness (QED) is 0.350. The van der Waals surface area contributed by atoms with E-state index in [0.717, 1.165) is 19.3 Å². The van der Waals surface area contributed by atoms with Crippen molar-refractivity contribution in [2.45, 2.75) is 38.8 Å². The third-order valence-electron chi connectivity index (χ3n) is 1.96. The van der Waals surface area contributed by atoms with Gasteiger partial charge < -0.3 is 0 Å². The van der Waals surface area contributed by atoms with Gasteiger partial charge in [-0.3, -0.25) is 4.39 Å². The third kappa shape index (κ3) is 6.00. The first kappa shape index (κ1) is 13.5. The van der Waals surface area contributed by atoms with Gasteiger partial charge in [-0.2, -0.15) is 13.2 Å². The molecule has 0 aromatic heterocycles. The number of unbranched alkanes of at least 4 members (excludes halogenated alkanes) is 2. The predicted molar refractivity (Wildman–Crippen MR) is 48.8 cm³/mol. The fourth-order valence-corrected chi connectivity index (χ4v) is 0.984. The normalized spacial score (nSPS) is 14.9. The maximum Gasteiger partial charge on any atom is 0.394 e. The summed E-state index contributed by atoms with van der Waals surface area (Å²) in [6.07, 6.45) is 1.20. The average Bonchev–Trinajstić information content (AvgIpc) is 2.09. The van der Waals surface area contributed by atoms with Crippen molar-refractivity contribution in [2.24, 2.45) is 5.92 Å². The van der Waals surface area contributed by atoms with Crippen LogP contribution in [0.15, 0.2) is 12.2 Å². The molecule has 0 saturated heterocycles. The Kier molecular flexibility index (Phi) is 6.58. The zero-order valence-corrected chi connectivity index (χ0v) is 8.28. The zero-order chi connectivity index (χ0) is 11.0. The summed E-state index contributed by atoms with van der Waals surface area (Å²) in [5.41, 5.74) is 0. The molecule has 0 fully saturated rings. The van der Waals surface area contributed by atoms with E-state index in [1.54, 1.807) is 6.08 Å². The van der Waals surface area contributed by atoms with Gasteiger partial charge in [-0.25, -0.2) is 0 Å². The number of halogens is 4. The molecular weight excluding hydrogens is 196 g/mol. The predicted octanol–water partition coefficient (Wildman–Crippen LogP) is 4.27. The van der Waals surface area contributed by atoms with Crippen molar-refractivity contribution in [1.82, 2.24) is 0 Å². The van der Waals surface area contributed by atoms with Gasteiger partial charge in [0.2, 0.25) is 0 Å². The fourth-order valence-electron chi connectivity index (χ4n) is 0.984. The van der Waals surface area contributed by atoms with Crippen molar-refractivity contribution in [3.05, 3.63) is 12.2 Å². The van der Waals surface area contributed by atoms with Crippen molar-refractivity contribution in [3.63, 3.8) is 0 Å². The molecule has 0 nitrogen and oxygen atoms in total. The summed E-state index contributed by atoms with van der Waals surface area (Å²) >= 11 is 0. The van der Waals surface area contributed by atoms with Crippen LogP contribution in [0.2, 0.25) is 0 Å². The van der Waals surface area contributed by atoms with Crippen molar-refractivity contribution in [3.8, 4) is 0 Å². The summed E-state index contributed by atoms with van der Waals surface area (Å²) in [5, 5.41) is 0. The minimum Gasteiger partial charge on any atom is -0.250 e. The van der Waals surface area contributed by atoms with Crippen molar-refractivity contribution < 1.29 is 17.6 Å². The van der Waals surface area contributed by atoms with Gasteiger partial charge in [-0.05, 0) is 12.8 Å². The van der Waals surface area contributed by atoms with E-state index in [2.05, 4.69) is 0 Å². The molecule has 1 unspecified atom stereocenters. The van der Waals surface area contributed by atoms with Crippen LogP contribution >= 0.6 is 0 Å². The van der Waals surface area contributed by atoms with Crippen molar-refractivity contribution >= 4 is 0 Å². The van der Waals surface area contributed by atoms with Crippen LogP contribution in [0.25, 0.3) is 0 Å². The van der Waals surface area contributed by atoms with E-state index >= 15 is 0 Å². The fraction of sp³-hybridized carbons (Fsp3) is 0.800. The van der Waals surface area contributed by atoms with Gasteiger partial charge >= 0.3 is 6.18 Å². The van der Waals surface area contributed by atoms with E-state index in [1.807, 2.05) is 6.92 Å². The van der Waals surface area contributed by atoms with Crippen LogP contribution in [0.4, 0.5) is 17.6 Å². The van der Waals surface area contributed by atoms with Crippen LogP contribution in [0.5, 0.6) is 0 Å². The van der Waals surface area contributed by atoms with Gasteiger partial charge in [0.25, 0.3) is 0 Å². The molecule has 0 saturated carbocycles. The van der Waals surface area contributed by atoms with Crippen molar-refractivity contribution in [1.29, 1.82) is 0 Å². The van der Waals surface area contributed by atoms with Gasteiger partial charge in [-0.15, -0.1) is 0 Å². The Bertz CT molecular complexity index is 160. The van der Waals surface area contributed by atoms with Crippen LogP contribution in [0, 0.1) is 5.92 Å². The maximum atomic E-state index is 12.0. The third-order valence-corrected chi connectivity index (χ3v) is 1.96. The lowest BCUT2D eigenvalue weighted by Crippen LogP contribution is -2.24. The molecule has 0 aromatic rings. The molecule has 0 aromatic carbocycles. The summed E-state index contributed by atoms with van der Waals surface area (Å²) in [7, 11) is 0. The molecule has 0 aliphatic rings. The average molecular weight is 212 g/mol. The summed E-state index contributed by atoms with van der Waals surface area (Å²) in [6, 6.07) is 0. The number of rotatable bonds is 6. The first-order valence-electron chi connectivity index (χ1n) is 4.80. The molecule has 0 rings (SSSR count). The second-order valence-electron chi connectivity index (χ2n) is 3.24. The lowest BCUT2D eigenvalue weighted by atomic mass is 10.1. The smallest absolute Gasteiger partial charge is 0.250 e. The molecule has 0 aliphatic heterocycles. The van der Waals surface area contributed by atoms with E-state index in [0.29, 0.717) is 0 Å². The summed E-state index contributed by atoms with van der Waals surface area (Å²) in [4.78, 5) is 0. The Labute approximate surface area is 82.0 Å². The van der Waals surface area contributed by atoms with E-state index < -0.39 is 18.8 Å². The molecule has 0 bridgehead atoms. The highest BCUT2D eigenvalue weighted by molar-refractivity contribution is 4.85. The molecular formula is C10H16F4. The molecule has 0 radical (unpaired) electrons. The largest absolute Gasteiger partial charge is 0.394 e. The molecule has 0 N–H and O–H groups in total. The van der Waals surface area contributed by atoms with Crippen LogP contribution in [0.3, 0.4) is 0 Å². The number of allylic oxidation sites excluding steroid dienone is 2. The molecule has 0 aliphatic carbocycles. The first-order chi connectivity index (χ1) is 6.52. The lowest BCUT2D eigenvalue weighted by Gasteiger charge is -2.14. The van der Waals surface area contributed by atoms with Gasteiger partial charge in [0, 0.05) is 0 Å². The Morgan fingerprint density at radius 2 is 1.86 bits per heavy atom. The van der Waals surface area contributed by atoms with Gasteiger partial charge in [0.15, 0.2) is 0 Å². The number of hydrogen-bond acceptors (Lipinski definition) is 0. The monoisotopic (exact) mass is 212 g/mol. The number of hydrogen-bond donors (Lipinski definition) is 0. The molecule has 14 heavy (non-hydrogen) atoms. The number of alkyl halides is 4. The Balaban J connectivity index is 3.79. The van der Waals surface area contributed by atoms with Gasteiger partial charge in [0.1, 0.15) is 6.67 Å².